The Morgan fingerprint density at radius 2 is 1.82 bits per heavy atom. The van der Waals surface area contributed by atoms with E-state index < -0.39 is 0 Å². The van der Waals surface area contributed by atoms with E-state index in [1.165, 1.54) is 11.1 Å². The van der Waals surface area contributed by atoms with E-state index in [-0.39, 0.29) is 29.6 Å². The lowest BCUT2D eigenvalue weighted by Gasteiger charge is -2.19. The van der Waals surface area contributed by atoms with E-state index in [4.69, 9.17) is 14.2 Å². The molecular formula is C21H38IN3O3. The highest BCUT2D eigenvalue weighted by molar-refractivity contribution is 14.0. The first-order valence-corrected chi connectivity index (χ1v) is 9.75. The summed E-state index contributed by atoms with van der Waals surface area (Å²) < 4.78 is 16.3. The zero-order valence-corrected chi connectivity index (χ0v) is 20.4. The summed E-state index contributed by atoms with van der Waals surface area (Å²) in [6.07, 6.45) is 0.924. The molecule has 1 aromatic rings. The van der Waals surface area contributed by atoms with Crippen LogP contribution in [0.3, 0.4) is 0 Å². The molecule has 0 amide bonds. The van der Waals surface area contributed by atoms with E-state index in [1.807, 2.05) is 0 Å². The molecule has 0 atom stereocenters. The minimum absolute atomic E-state index is 0. The molecule has 1 rings (SSSR count). The summed E-state index contributed by atoms with van der Waals surface area (Å²) >= 11 is 0. The van der Waals surface area contributed by atoms with Gasteiger partial charge in [-0.1, -0.05) is 24.3 Å². The van der Waals surface area contributed by atoms with Crippen LogP contribution in [0.5, 0.6) is 0 Å². The monoisotopic (exact) mass is 507 g/mol. The van der Waals surface area contributed by atoms with Gasteiger partial charge in [-0.2, -0.15) is 0 Å². The van der Waals surface area contributed by atoms with Crippen LogP contribution in [0.4, 0.5) is 0 Å². The zero-order valence-electron chi connectivity index (χ0n) is 18.0. The molecule has 6 nitrogen and oxygen atoms in total. The Morgan fingerprint density at radius 3 is 2.50 bits per heavy atom. The second-order valence-corrected chi connectivity index (χ2v) is 7.30. The molecule has 0 aromatic heterocycles. The number of nitrogens with one attached hydrogen (secondary N) is 2. The summed E-state index contributed by atoms with van der Waals surface area (Å²) in [5.74, 6) is 0.825. The Hall–Kier alpha value is -0.900. The maximum atomic E-state index is 5.85. The third-order valence-electron chi connectivity index (χ3n) is 3.62. The summed E-state index contributed by atoms with van der Waals surface area (Å²) in [5.41, 5.74) is 2.21. The number of nitrogens with zero attached hydrogens (tertiary/aromatic N) is 1. The SMILES string of the molecule is CCNC(=NCc1cccc(COC(C)(C)C)c1)NCCCOCCOC.I. The molecule has 7 heteroatoms. The molecule has 0 unspecified atom stereocenters. The minimum Gasteiger partial charge on any atom is -0.382 e. The van der Waals surface area contributed by atoms with Crippen molar-refractivity contribution in [1.29, 1.82) is 0 Å². The van der Waals surface area contributed by atoms with Gasteiger partial charge in [0.1, 0.15) is 0 Å². The fourth-order valence-electron chi connectivity index (χ4n) is 2.26. The van der Waals surface area contributed by atoms with Gasteiger partial charge in [0.05, 0.1) is 32.0 Å². The van der Waals surface area contributed by atoms with E-state index in [2.05, 4.69) is 67.6 Å². The largest absolute Gasteiger partial charge is 0.382 e. The van der Waals surface area contributed by atoms with Gasteiger partial charge >= 0.3 is 0 Å². The van der Waals surface area contributed by atoms with Crippen molar-refractivity contribution >= 4 is 29.9 Å². The van der Waals surface area contributed by atoms with Gasteiger partial charge in [0.25, 0.3) is 0 Å². The number of benzene rings is 1. The second-order valence-electron chi connectivity index (χ2n) is 7.30. The Morgan fingerprint density at radius 1 is 1.07 bits per heavy atom. The van der Waals surface area contributed by atoms with Gasteiger partial charge in [-0.15, -0.1) is 24.0 Å². The molecular weight excluding hydrogens is 469 g/mol. The molecule has 162 valence electrons. The number of aliphatic imine (C=N–C) groups is 1. The third kappa shape index (κ3) is 14.1. The molecule has 1 aromatic carbocycles. The molecule has 0 bridgehead atoms. The fraction of sp³-hybridized carbons (Fsp3) is 0.667. The van der Waals surface area contributed by atoms with E-state index >= 15 is 0 Å². The van der Waals surface area contributed by atoms with Gasteiger partial charge in [0.15, 0.2) is 5.96 Å². The Kier molecular flexibility index (Phi) is 15.4. The maximum absolute atomic E-state index is 5.85. The number of halogens is 1. The predicted molar refractivity (Wildman–Crippen MR) is 127 cm³/mol. The van der Waals surface area contributed by atoms with Crippen LogP contribution in [0, 0.1) is 0 Å². The normalized spacial score (nSPS) is 11.8. The first kappa shape index (κ1) is 27.1. The standard InChI is InChI=1S/C21H37N3O3.HI/c1-6-22-20(23-11-8-12-26-14-13-25-5)24-16-18-9-7-10-19(15-18)17-27-21(2,3)4;/h7,9-10,15H,6,8,11-14,16-17H2,1-5H3,(H2,22,23,24);1H. The highest BCUT2D eigenvalue weighted by Crippen LogP contribution is 2.13. The summed E-state index contributed by atoms with van der Waals surface area (Å²) in [5, 5.41) is 6.62. The highest BCUT2D eigenvalue weighted by Gasteiger charge is 2.10. The van der Waals surface area contributed by atoms with Crippen molar-refractivity contribution in [3.8, 4) is 0 Å². The Bertz CT molecular complexity index is 548. The van der Waals surface area contributed by atoms with Crippen LogP contribution in [0.15, 0.2) is 29.3 Å². The first-order valence-electron chi connectivity index (χ1n) is 9.75. The molecule has 2 N–H and O–H groups in total. The third-order valence-corrected chi connectivity index (χ3v) is 3.62. The molecule has 0 aliphatic heterocycles. The molecule has 0 heterocycles. The van der Waals surface area contributed by atoms with E-state index in [9.17, 15) is 0 Å². The molecule has 0 fully saturated rings. The molecule has 0 saturated carbocycles. The fourth-order valence-corrected chi connectivity index (χ4v) is 2.26. The number of rotatable bonds is 12. The summed E-state index contributed by atoms with van der Waals surface area (Å²) in [6.45, 7) is 13.1. The lowest BCUT2D eigenvalue weighted by Crippen LogP contribution is -2.38. The average Bonchev–Trinajstić information content (AvgIpc) is 2.63. The van der Waals surface area contributed by atoms with Crippen LogP contribution in [0.25, 0.3) is 0 Å². The first-order chi connectivity index (χ1) is 12.9. The highest BCUT2D eigenvalue weighted by atomic mass is 127. The molecule has 0 aliphatic carbocycles. The van der Waals surface area contributed by atoms with Crippen molar-refractivity contribution in [3.63, 3.8) is 0 Å². The molecule has 28 heavy (non-hydrogen) atoms. The molecule has 0 saturated heterocycles. The van der Waals surface area contributed by atoms with Gasteiger partial charge in [0.2, 0.25) is 0 Å². The predicted octanol–water partition coefficient (Wildman–Crippen LogP) is 3.73. The Balaban J connectivity index is 0.00000729. The molecule has 0 aliphatic rings. The van der Waals surface area contributed by atoms with Crippen molar-refractivity contribution in [1.82, 2.24) is 10.6 Å². The van der Waals surface area contributed by atoms with Crippen LogP contribution < -0.4 is 10.6 Å². The van der Waals surface area contributed by atoms with Crippen LogP contribution in [0.2, 0.25) is 0 Å². The summed E-state index contributed by atoms with van der Waals surface area (Å²) in [4.78, 5) is 4.67. The van der Waals surface area contributed by atoms with Crippen molar-refractivity contribution in [2.45, 2.75) is 52.9 Å². The minimum atomic E-state index is -0.135. The molecule has 0 spiro atoms. The number of hydrogen-bond acceptors (Lipinski definition) is 4. The number of hydrogen-bond donors (Lipinski definition) is 2. The average molecular weight is 507 g/mol. The molecule has 0 radical (unpaired) electrons. The maximum Gasteiger partial charge on any atom is 0.191 e. The Labute approximate surface area is 187 Å². The van der Waals surface area contributed by atoms with Gasteiger partial charge in [0, 0.05) is 26.8 Å². The van der Waals surface area contributed by atoms with Gasteiger partial charge in [-0.05, 0) is 45.2 Å². The smallest absolute Gasteiger partial charge is 0.191 e. The van der Waals surface area contributed by atoms with E-state index in [0.717, 1.165) is 25.5 Å². The van der Waals surface area contributed by atoms with Crippen molar-refractivity contribution in [2.24, 2.45) is 4.99 Å². The van der Waals surface area contributed by atoms with Crippen molar-refractivity contribution < 1.29 is 14.2 Å². The van der Waals surface area contributed by atoms with Crippen molar-refractivity contribution in [3.05, 3.63) is 35.4 Å². The van der Waals surface area contributed by atoms with Crippen LogP contribution in [-0.2, 0) is 27.4 Å². The van der Waals surface area contributed by atoms with Gasteiger partial charge < -0.3 is 24.8 Å². The zero-order chi connectivity index (χ0) is 20.0. The quantitative estimate of drug-likeness (QED) is 0.196. The van der Waals surface area contributed by atoms with Crippen molar-refractivity contribution in [2.75, 3.05) is 40.0 Å². The van der Waals surface area contributed by atoms with E-state index in [1.54, 1.807) is 7.11 Å². The summed E-state index contributed by atoms with van der Waals surface area (Å²) in [7, 11) is 1.68. The summed E-state index contributed by atoms with van der Waals surface area (Å²) in [6, 6.07) is 8.40. The lowest BCUT2D eigenvalue weighted by atomic mass is 10.1. The topological polar surface area (TPSA) is 64.1 Å². The van der Waals surface area contributed by atoms with Gasteiger partial charge in [-0.25, -0.2) is 4.99 Å². The second kappa shape index (κ2) is 16.0. The van der Waals surface area contributed by atoms with E-state index in [0.29, 0.717) is 33.0 Å². The number of methoxy groups -OCH3 is 1. The van der Waals surface area contributed by atoms with Crippen LogP contribution in [0.1, 0.15) is 45.2 Å². The van der Waals surface area contributed by atoms with Crippen LogP contribution >= 0.6 is 24.0 Å². The van der Waals surface area contributed by atoms with Gasteiger partial charge in [-0.3, -0.25) is 0 Å². The number of guanidine groups is 1. The van der Waals surface area contributed by atoms with Crippen LogP contribution in [-0.4, -0.2) is 51.6 Å². The number of ether oxygens (including phenoxy) is 3. The lowest BCUT2D eigenvalue weighted by molar-refractivity contribution is -0.0149.